The molecule has 1 amide bonds. The van der Waals surface area contributed by atoms with Crippen LogP contribution in [0.5, 0.6) is 0 Å². The van der Waals surface area contributed by atoms with Crippen LogP contribution in [0.3, 0.4) is 0 Å². The van der Waals surface area contributed by atoms with Gasteiger partial charge in [0.15, 0.2) is 0 Å². The van der Waals surface area contributed by atoms with E-state index >= 15 is 0 Å². The molecule has 6 heteroatoms. The van der Waals surface area contributed by atoms with Gasteiger partial charge in [0, 0.05) is 5.56 Å². The first-order chi connectivity index (χ1) is 8.40. The number of benzene rings is 1. The van der Waals surface area contributed by atoms with Crippen LogP contribution in [-0.4, -0.2) is 34.1 Å². The van der Waals surface area contributed by atoms with Crippen LogP contribution in [0, 0.1) is 6.92 Å². The zero-order valence-corrected chi connectivity index (χ0v) is 9.71. The zero-order valence-electron chi connectivity index (χ0n) is 9.71. The number of carboxylic acid groups (broad SMARTS) is 2. The summed E-state index contributed by atoms with van der Waals surface area (Å²) in [6.45, 7) is 1.85. The first kappa shape index (κ1) is 13.7. The largest absolute Gasteiger partial charge is 0.481 e. The van der Waals surface area contributed by atoms with Gasteiger partial charge in [-0.3, -0.25) is 9.59 Å². The lowest BCUT2D eigenvalue weighted by Gasteiger charge is -2.12. The summed E-state index contributed by atoms with van der Waals surface area (Å²) in [5, 5.41) is 19.5. The highest BCUT2D eigenvalue weighted by molar-refractivity contribution is 5.97. The number of carboxylic acids is 2. The van der Waals surface area contributed by atoms with Gasteiger partial charge in [0.1, 0.15) is 6.04 Å². The third kappa shape index (κ3) is 3.89. The van der Waals surface area contributed by atoms with Crippen LogP contribution >= 0.6 is 0 Å². The number of rotatable bonds is 5. The summed E-state index contributed by atoms with van der Waals surface area (Å²) in [6.07, 6.45) is -0.660. The van der Waals surface area contributed by atoms with E-state index in [4.69, 9.17) is 10.2 Å². The Labute approximate surface area is 103 Å². The number of aryl methyl sites for hydroxylation is 1. The first-order valence-corrected chi connectivity index (χ1v) is 5.22. The van der Waals surface area contributed by atoms with Crippen LogP contribution in [0.1, 0.15) is 22.3 Å². The Kier molecular flexibility index (Phi) is 4.42. The maximum atomic E-state index is 11.7. The van der Waals surface area contributed by atoms with Crippen LogP contribution in [0.4, 0.5) is 0 Å². The van der Waals surface area contributed by atoms with E-state index < -0.39 is 30.3 Å². The van der Waals surface area contributed by atoms with Crippen LogP contribution in [-0.2, 0) is 9.59 Å². The SMILES string of the molecule is Cc1ccc(C(=O)N[C@H](CC(=O)O)C(=O)O)cc1. The molecule has 1 aromatic rings. The molecule has 0 radical (unpaired) electrons. The van der Waals surface area contributed by atoms with Gasteiger partial charge in [-0.2, -0.15) is 0 Å². The summed E-state index contributed by atoms with van der Waals surface area (Å²) < 4.78 is 0. The number of amides is 1. The molecule has 0 saturated heterocycles. The molecule has 1 atom stereocenters. The van der Waals surface area contributed by atoms with Crippen molar-refractivity contribution >= 4 is 17.8 Å². The Morgan fingerprint density at radius 3 is 2.17 bits per heavy atom. The van der Waals surface area contributed by atoms with Gasteiger partial charge in [-0.05, 0) is 19.1 Å². The normalized spacial score (nSPS) is 11.6. The minimum Gasteiger partial charge on any atom is -0.481 e. The van der Waals surface area contributed by atoms with Crippen molar-refractivity contribution in [2.45, 2.75) is 19.4 Å². The van der Waals surface area contributed by atoms with E-state index in [1.807, 2.05) is 6.92 Å². The molecule has 0 aliphatic rings. The standard InChI is InChI=1S/C12H13NO5/c1-7-2-4-8(5-3-7)11(16)13-9(12(17)18)6-10(14)15/h2-5,9H,6H2,1H3,(H,13,16)(H,14,15)(H,17,18)/t9-/m1/s1. The lowest BCUT2D eigenvalue weighted by atomic mass is 10.1. The third-order valence-electron chi connectivity index (χ3n) is 2.30. The predicted molar refractivity (Wildman–Crippen MR) is 62.3 cm³/mol. The second-order valence-corrected chi connectivity index (χ2v) is 3.83. The molecule has 1 aromatic carbocycles. The van der Waals surface area contributed by atoms with Crippen molar-refractivity contribution < 1.29 is 24.6 Å². The summed E-state index contributed by atoms with van der Waals surface area (Å²) in [4.78, 5) is 32.9. The average molecular weight is 251 g/mol. The van der Waals surface area contributed by atoms with Gasteiger partial charge >= 0.3 is 11.9 Å². The van der Waals surface area contributed by atoms with E-state index in [0.717, 1.165) is 5.56 Å². The van der Waals surface area contributed by atoms with E-state index in [1.165, 1.54) is 0 Å². The van der Waals surface area contributed by atoms with Gasteiger partial charge in [0.05, 0.1) is 6.42 Å². The van der Waals surface area contributed by atoms with Gasteiger partial charge in [-0.15, -0.1) is 0 Å². The van der Waals surface area contributed by atoms with Crippen molar-refractivity contribution in [3.8, 4) is 0 Å². The average Bonchev–Trinajstić information content (AvgIpc) is 2.28. The van der Waals surface area contributed by atoms with Crippen molar-refractivity contribution in [1.82, 2.24) is 5.32 Å². The van der Waals surface area contributed by atoms with E-state index in [9.17, 15) is 14.4 Å². The van der Waals surface area contributed by atoms with Crippen molar-refractivity contribution in [1.29, 1.82) is 0 Å². The summed E-state index contributed by atoms with van der Waals surface area (Å²) in [5.41, 5.74) is 1.25. The fourth-order valence-corrected chi connectivity index (χ4v) is 1.32. The number of hydrogen-bond donors (Lipinski definition) is 3. The van der Waals surface area contributed by atoms with Crippen LogP contribution < -0.4 is 5.32 Å². The molecule has 0 unspecified atom stereocenters. The molecule has 0 aliphatic heterocycles. The summed E-state index contributed by atoms with van der Waals surface area (Å²) in [5.74, 6) is -3.27. The number of carbonyl (C=O) groups is 3. The minimum absolute atomic E-state index is 0.289. The maximum absolute atomic E-state index is 11.7. The molecule has 96 valence electrons. The van der Waals surface area contributed by atoms with Crippen molar-refractivity contribution in [2.24, 2.45) is 0 Å². The predicted octanol–water partition coefficient (Wildman–Crippen LogP) is 0.653. The molecule has 0 heterocycles. The molecule has 0 bridgehead atoms. The second-order valence-electron chi connectivity index (χ2n) is 3.83. The lowest BCUT2D eigenvalue weighted by Crippen LogP contribution is -2.42. The zero-order chi connectivity index (χ0) is 13.7. The van der Waals surface area contributed by atoms with Gasteiger partial charge in [-0.25, -0.2) is 4.79 Å². The van der Waals surface area contributed by atoms with Crippen molar-refractivity contribution in [2.75, 3.05) is 0 Å². The topological polar surface area (TPSA) is 104 Å². The molecular formula is C12H13NO5. The smallest absolute Gasteiger partial charge is 0.326 e. The molecule has 0 aromatic heterocycles. The molecular weight excluding hydrogens is 238 g/mol. The monoisotopic (exact) mass is 251 g/mol. The molecule has 6 nitrogen and oxygen atoms in total. The Hall–Kier alpha value is -2.37. The van der Waals surface area contributed by atoms with Crippen molar-refractivity contribution in [3.05, 3.63) is 35.4 Å². The molecule has 18 heavy (non-hydrogen) atoms. The molecule has 3 N–H and O–H groups in total. The van der Waals surface area contributed by atoms with Crippen LogP contribution in [0.2, 0.25) is 0 Å². The Bertz CT molecular complexity index is 466. The van der Waals surface area contributed by atoms with E-state index in [2.05, 4.69) is 5.32 Å². The summed E-state index contributed by atoms with van der Waals surface area (Å²) in [6, 6.07) is 5.08. The summed E-state index contributed by atoms with van der Waals surface area (Å²) >= 11 is 0. The van der Waals surface area contributed by atoms with Crippen LogP contribution in [0.15, 0.2) is 24.3 Å². The fraction of sp³-hybridized carbons (Fsp3) is 0.250. The van der Waals surface area contributed by atoms with Gasteiger partial charge in [-0.1, -0.05) is 17.7 Å². The molecule has 1 rings (SSSR count). The number of aliphatic carboxylic acids is 2. The first-order valence-electron chi connectivity index (χ1n) is 5.22. The summed E-state index contributed by atoms with van der Waals surface area (Å²) in [7, 11) is 0. The second kappa shape index (κ2) is 5.81. The minimum atomic E-state index is -1.43. The quantitative estimate of drug-likeness (QED) is 0.713. The van der Waals surface area contributed by atoms with Gasteiger partial charge < -0.3 is 15.5 Å². The molecule has 0 fully saturated rings. The molecule has 0 spiro atoms. The number of nitrogens with one attached hydrogen (secondary N) is 1. The highest BCUT2D eigenvalue weighted by Gasteiger charge is 2.23. The van der Waals surface area contributed by atoms with Crippen molar-refractivity contribution in [3.63, 3.8) is 0 Å². The van der Waals surface area contributed by atoms with E-state index in [0.29, 0.717) is 0 Å². The Balaban J connectivity index is 2.75. The fourth-order valence-electron chi connectivity index (χ4n) is 1.32. The molecule has 0 saturated carbocycles. The number of hydrogen-bond acceptors (Lipinski definition) is 3. The van der Waals surface area contributed by atoms with Crippen LogP contribution in [0.25, 0.3) is 0 Å². The molecule has 0 aliphatic carbocycles. The highest BCUT2D eigenvalue weighted by atomic mass is 16.4. The maximum Gasteiger partial charge on any atom is 0.326 e. The van der Waals surface area contributed by atoms with Gasteiger partial charge in [0.2, 0.25) is 0 Å². The lowest BCUT2D eigenvalue weighted by molar-refractivity contribution is -0.145. The van der Waals surface area contributed by atoms with E-state index in [1.54, 1.807) is 24.3 Å². The van der Waals surface area contributed by atoms with E-state index in [-0.39, 0.29) is 5.56 Å². The third-order valence-corrected chi connectivity index (χ3v) is 2.30. The number of carbonyl (C=O) groups excluding carboxylic acids is 1. The Morgan fingerprint density at radius 2 is 1.72 bits per heavy atom. The van der Waals surface area contributed by atoms with Gasteiger partial charge in [0.25, 0.3) is 5.91 Å². The highest BCUT2D eigenvalue weighted by Crippen LogP contribution is 2.04. The Morgan fingerprint density at radius 1 is 1.17 bits per heavy atom.